The van der Waals surface area contributed by atoms with E-state index in [4.69, 9.17) is 5.26 Å². The number of benzene rings is 2. The standard InChI is InChI=1S/C13H14O2/c1-2-4-10-7-8-11-5-3-6-13(15-14)12(11)9-10/h3,5-9,14H,2,4H2,1H3. The summed E-state index contributed by atoms with van der Waals surface area (Å²) in [4.78, 5) is 4.36. The third kappa shape index (κ3) is 1.95. The fourth-order valence-electron chi connectivity index (χ4n) is 1.81. The Bertz CT molecular complexity index is 463. The summed E-state index contributed by atoms with van der Waals surface area (Å²) in [6, 6.07) is 11.9. The molecule has 2 rings (SSSR count). The van der Waals surface area contributed by atoms with Crippen molar-refractivity contribution in [3.05, 3.63) is 42.0 Å². The van der Waals surface area contributed by atoms with Gasteiger partial charge in [-0.25, -0.2) is 5.26 Å². The van der Waals surface area contributed by atoms with Gasteiger partial charge >= 0.3 is 0 Å². The van der Waals surface area contributed by atoms with Crippen molar-refractivity contribution in [3.63, 3.8) is 0 Å². The minimum Gasteiger partial charge on any atom is -0.340 e. The number of fused-ring (bicyclic) bond motifs is 1. The van der Waals surface area contributed by atoms with Crippen LogP contribution in [0.15, 0.2) is 36.4 Å². The first-order valence-corrected chi connectivity index (χ1v) is 5.18. The molecule has 0 bridgehead atoms. The van der Waals surface area contributed by atoms with E-state index in [-0.39, 0.29) is 0 Å². The Morgan fingerprint density at radius 3 is 2.80 bits per heavy atom. The van der Waals surface area contributed by atoms with Crippen LogP contribution in [0.1, 0.15) is 18.9 Å². The van der Waals surface area contributed by atoms with E-state index in [1.54, 1.807) is 6.07 Å². The van der Waals surface area contributed by atoms with Crippen LogP contribution in [0.25, 0.3) is 10.8 Å². The minimum atomic E-state index is 0.519. The molecule has 0 amide bonds. The van der Waals surface area contributed by atoms with Crippen LogP contribution in [0.2, 0.25) is 0 Å². The zero-order chi connectivity index (χ0) is 10.7. The highest BCUT2D eigenvalue weighted by atomic mass is 17.1. The molecule has 78 valence electrons. The first-order valence-electron chi connectivity index (χ1n) is 5.18. The summed E-state index contributed by atoms with van der Waals surface area (Å²) in [5, 5.41) is 10.8. The summed E-state index contributed by atoms with van der Waals surface area (Å²) in [6.07, 6.45) is 2.17. The quantitative estimate of drug-likeness (QED) is 0.608. The summed E-state index contributed by atoms with van der Waals surface area (Å²) in [7, 11) is 0. The zero-order valence-electron chi connectivity index (χ0n) is 8.73. The van der Waals surface area contributed by atoms with Crippen molar-refractivity contribution < 1.29 is 10.1 Å². The fraction of sp³-hybridized carbons (Fsp3) is 0.231. The fourth-order valence-corrected chi connectivity index (χ4v) is 1.81. The highest BCUT2D eigenvalue weighted by Crippen LogP contribution is 2.26. The second-order valence-electron chi connectivity index (χ2n) is 3.65. The second-order valence-corrected chi connectivity index (χ2v) is 3.65. The first-order chi connectivity index (χ1) is 7.35. The van der Waals surface area contributed by atoms with Crippen LogP contribution in [0.5, 0.6) is 5.75 Å². The van der Waals surface area contributed by atoms with E-state index in [1.165, 1.54) is 5.56 Å². The molecule has 0 unspecified atom stereocenters. The Kier molecular flexibility index (Phi) is 2.88. The summed E-state index contributed by atoms with van der Waals surface area (Å²) in [6.45, 7) is 2.15. The van der Waals surface area contributed by atoms with Crippen molar-refractivity contribution >= 4 is 10.8 Å². The van der Waals surface area contributed by atoms with Gasteiger partial charge in [0, 0.05) is 5.39 Å². The maximum absolute atomic E-state index is 8.76. The van der Waals surface area contributed by atoms with E-state index < -0.39 is 0 Å². The van der Waals surface area contributed by atoms with Gasteiger partial charge in [-0.15, -0.1) is 0 Å². The molecule has 0 saturated heterocycles. The summed E-state index contributed by atoms with van der Waals surface area (Å²) < 4.78 is 0. The van der Waals surface area contributed by atoms with Crippen LogP contribution in [0.4, 0.5) is 0 Å². The van der Waals surface area contributed by atoms with Gasteiger partial charge in [0.15, 0.2) is 5.75 Å². The van der Waals surface area contributed by atoms with Gasteiger partial charge in [0.2, 0.25) is 0 Å². The lowest BCUT2D eigenvalue weighted by molar-refractivity contribution is -0.136. The number of hydrogen-bond acceptors (Lipinski definition) is 2. The average Bonchev–Trinajstić information content (AvgIpc) is 2.28. The third-order valence-electron chi connectivity index (χ3n) is 2.54. The molecule has 0 aliphatic carbocycles. The molecule has 2 aromatic carbocycles. The number of rotatable bonds is 3. The largest absolute Gasteiger partial charge is 0.340 e. The van der Waals surface area contributed by atoms with Gasteiger partial charge in [-0.2, -0.15) is 0 Å². The van der Waals surface area contributed by atoms with Gasteiger partial charge in [-0.1, -0.05) is 37.6 Å². The maximum atomic E-state index is 8.76. The molecule has 2 nitrogen and oxygen atoms in total. The molecule has 0 radical (unpaired) electrons. The Labute approximate surface area is 89.0 Å². The topological polar surface area (TPSA) is 29.5 Å². The molecule has 0 fully saturated rings. The second kappa shape index (κ2) is 4.32. The van der Waals surface area contributed by atoms with E-state index in [9.17, 15) is 0 Å². The van der Waals surface area contributed by atoms with Crippen molar-refractivity contribution in [2.45, 2.75) is 19.8 Å². The van der Waals surface area contributed by atoms with Gasteiger partial charge < -0.3 is 4.89 Å². The molecule has 0 heterocycles. The van der Waals surface area contributed by atoms with Crippen molar-refractivity contribution in [1.82, 2.24) is 0 Å². The van der Waals surface area contributed by atoms with Gasteiger partial charge in [-0.3, -0.25) is 0 Å². The molecular formula is C13H14O2. The molecule has 0 spiro atoms. The molecule has 0 atom stereocenters. The van der Waals surface area contributed by atoms with E-state index in [1.807, 2.05) is 12.1 Å². The minimum absolute atomic E-state index is 0.519. The highest BCUT2D eigenvalue weighted by Gasteiger charge is 2.02. The van der Waals surface area contributed by atoms with Gasteiger partial charge in [0.05, 0.1) is 0 Å². The smallest absolute Gasteiger partial charge is 0.172 e. The molecule has 15 heavy (non-hydrogen) atoms. The zero-order valence-corrected chi connectivity index (χ0v) is 8.73. The van der Waals surface area contributed by atoms with Crippen LogP contribution in [0, 0.1) is 0 Å². The van der Waals surface area contributed by atoms with Crippen LogP contribution >= 0.6 is 0 Å². The summed E-state index contributed by atoms with van der Waals surface area (Å²) >= 11 is 0. The average molecular weight is 202 g/mol. The van der Waals surface area contributed by atoms with Crippen molar-refractivity contribution in [3.8, 4) is 5.75 Å². The third-order valence-corrected chi connectivity index (χ3v) is 2.54. The highest BCUT2D eigenvalue weighted by molar-refractivity contribution is 5.88. The Morgan fingerprint density at radius 1 is 1.20 bits per heavy atom. The van der Waals surface area contributed by atoms with Crippen molar-refractivity contribution in [2.24, 2.45) is 0 Å². The molecule has 0 aromatic heterocycles. The SMILES string of the molecule is CCCc1ccc2cccc(OO)c2c1. The van der Waals surface area contributed by atoms with Crippen molar-refractivity contribution in [2.75, 3.05) is 0 Å². The lowest BCUT2D eigenvalue weighted by atomic mass is 10.0. The number of aryl methyl sites for hydroxylation is 1. The van der Waals surface area contributed by atoms with Crippen LogP contribution in [-0.4, -0.2) is 5.26 Å². The molecular weight excluding hydrogens is 188 g/mol. The van der Waals surface area contributed by atoms with E-state index in [0.717, 1.165) is 23.6 Å². The Hall–Kier alpha value is -1.54. The Morgan fingerprint density at radius 2 is 2.07 bits per heavy atom. The van der Waals surface area contributed by atoms with Crippen LogP contribution < -0.4 is 4.89 Å². The Balaban J connectivity index is 2.57. The predicted octanol–water partition coefficient (Wildman–Crippen LogP) is 3.64. The molecule has 1 N–H and O–H groups in total. The van der Waals surface area contributed by atoms with Crippen LogP contribution in [-0.2, 0) is 6.42 Å². The molecule has 0 aliphatic rings. The van der Waals surface area contributed by atoms with Crippen molar-refractivity contribution in [1.29, 1.82) is 0 Å². The maximum Gasteiger partial charge on any atom is 0.172 e. The predicted molar refractivity (Wildman–Crippen MR) is 61.2 cm³/mol. The first kappa shape index (κ1) is 9.99. The van der Waals surface area contributed by atoms with Gasteiger partial charge in [0.25, 0.3) is 0 Å². The van der Waals surface area contributed by atoms with E-state index in [0.29, 0.717) is 5.75 Å². The van der Waals surface area contributed by atoms with E-state index in [2.05, 4.69) is 30.0 Å². The monoisotopic (exact) mass is 202 g/mol. The summed E-state index contributed by atoms with van der Waals surface area (Å²) in [5.41, 5.74) is 1.27. The lowest BCUT2D eigenvalue weighted by Crippen LogP contribution is -1.88. The molecule has 0 saturated carbocycles. The molecule has 0 aliphatic heterocycles. The lowest BCUT2D eigenvalue weighted by Gasteiger charge is -2.05. The normalized spacial score (nSPS) is 10.5. The number of hydrogen-bond donors (Lipinski definition) is 1. The van der Waals surface area contributed by atoms with Gasteiger partial charge in [0.1, 0.15) is 0 Å². The molecule has 2 heteroatoms. The molecule has 2 aromatic rings. The van der Waals surface area contributed by atoms with Crippen LogP contribution in [0.3, 0.4) is 0 Å². The van der Waals surface area contributed by atoms with E-state index >= 15 is 0 Å². The summed E-state index contributed by atoms with van der Waals surface area (Å²) in [5.74, 6) is 0.519. The van der Waals surface area contributed by atoms with Gasteiger partial charge in [-0.05, 0) is 29.5 Å².